The molecule has 94 valence electrons. The number of aromatic amines is 1. The minimum atomic E-state index is 0.554. The molecule has 2 aromatic heterocycles. The molecule has 0 fully saturated rings. The number of hydrogen-bond acceptors (Lipinski definition) is 3. The van der Waals surface area contributed by atoms with Gasteiger partial charge in [-0.2, -0.15) is 0 Å². The number of H-pyrrole nitrogens is 1. The monoisotopic (exact) mass is 334 g/mol. The fourth-order valence-electron chi connectivity index (χ4n) is 1.67. The minimum Gasteiger partial charge on any atom is -0.330 e. The fraction of sp³-hybridized carbons (Fsp3) is 0. The lowest BCUT2D eigenvalue weighted by atomic mass is 10.1. The largest absolute Gasteiger partial charge is 0.330 e. The molecule has 0 aliphatic rings. The van der Waals surface area contributed by atoms with E-state index in [2.05, 4.69) is 35.9 Å². The lowest BCUT2D eigenvalue weighted by molar-refractivity contribution is 1.12. The smallest absolute Gasteiger partial charge is 0.196 e. The zero-order valence-corrected chi connectivity index (χ0v) is 12.0. The van der Waals surface area contributed by atoms with Gasteiger partial charge in [0.25, 0.3) is 0 Å². The van der Waals surface area contributed by atoms with E-state index in [0.717, 1.165) is 15.9 Å². The first-order valence-corrected chi connectivity index (χ1v) is 6.69. The summed E-state index contributed by atoms with van der Waals surface area (Å²) in [5.74, 6) is 1.18. The van der Waals surface area contributed by atoms with Crippen LogP contribution in [0.25, 0.3) is 22.9 Å². The fourth-order valence-corrected chi connectivity index (χ4v) is 2.08. The zero-order valence-electron chi connectivity index (χ0n) is 9.64. The van der Waals surface area contributed by atoms with Gasteiger partial charge in [-0.15, -0.1) is 0 Å². The highest BCUT2D eigenvalue weighted by atomic mass is 79.9. The molecule has 0 amide bonds. The Morgan fingerprint density at radius 3 is 2.53 bits per heavy atom. The predicted molar refractivity (Wildman–Crippen MR) is 77.8 cm³/mol. The number of benzene rings is 1. The SMILES string of the molecule is Clc1ccc(-c2ccnc(-c3ncc(Br)[nH]3)n2)cc1. The summed E-state index contributed by atoms with van der Waals surface area (Å²) in [5, 5.41) is 0.702. The summed E-state index contributed by atoms with van der Waals surface area (Å²) < 4.78 is 0.794. The maximum Gasteiger partial charge on any atom is 0.196 e. The molecule has 0 saturated heterocycles. The second kappa shape index (κ2) is 5.11. The topological polar surface area (TPSA) is 54.5 Å². The Morgan fingerprint density at radius 1 is 1.05 bits per heavy atom. The molecular weight excluding hydrogens is 328 g/mol. The molecule has 4 nitrogen and oxygen atoms in total. The summed E-state index contributed by atoms with van der Waals surface area (Å²) in [6, 6.07) is 9.37. The molecule has 0 saturated carbocycles. The Labute approximate surface area is 123 Å². The number of hydrogen-bond donors (Lipinski definition) is 1. The minimum absolute atomic E-state index is 0.554. The number of nitrogens with zero attached hydrogens (tertiary/aromatic N) is 3. The summed E-state index contributed by atoms with van der Waals surface area (Å²) in [5.41, 5.74) is 1.81. The van der Waals surface area contributed by atoms with E-state index in [1.54, 1.807) is 12.4 Å². The van der Waals surface area contributed by atoms with Crippen LogP contribution < -0.4 is 0 Å². The number of imidazole rings is 1. The van der Waals surface area contributed by atoms with Gasteiger partial charge in [-0.1, -0.05) is 23.7 Å². The summed E-state index contributed by atoms with van der Waals surface area (Å²) >= 11 is 9.19. The van der Waals surface area contributed by atoms with Crippen LogP contribution in [0.4, 0.5) is 0 Å². The zero-order chi connectivity index (χ0) is 13.2. The molecular formula is C13H8BrClN4. The van der Waals surface area contributed by atoms with Crippen LogP contribution in [0.3, 0.4) is 0 Å². The molecule has 1 N–H and O–H groups in total. The van der Waals surface area contributed by atoms with Crippen molar-refractivity contribution in [3.63, 3.8) is 0 Å². The third-order valence-electron chi connectivity index (χ3n) is 2.55. The molecule has 0 aliphatic heterocycles. The van der Waals surface area contributed by atoms with Gasteiger partial charge in [0.15, 0.2) is 11.6 Å². The van der Waals surface area contributed by atoms with Gasteiger partial charge in [-0.05, 0) is 34.1 Å². The maximum atomic E-state index is 5.88. The Morgan fingerprint density at radius 2 is 1.84 bits per heavy atom. The lowest BCUT2D eigenvalue weighted by Crippen LogP contribution is -1.92. The van der Waals surface area contributed by atoms with Gasteiger partial charge in [0.05, 0.1) is 11.9 Å². The van der Waals surface area contributed by atoms with Crippen LogP contribution in [-0.2, 0) is 0 Å². The van der Waals surface area contributed by atoms with Gasteiger partial charge >= 0.3 is 0 Å². The standard InChI is InChI=1S/C13H8BrClN4/c14-11-7-17-13(19-11)12-16-6-5-10(18-12)8-1-3-9(15)4-2-8/h1-7H,(H,17,19). The van der Waals surface area contributed by atoms with Gasteiger partial charge in [-0.3, -0.25) is 0 Å². The summed E-state index contributed by atoms with van der Waals surface area (Å²) in [6.07, 6.45) is 3.39. The lowest BCUT2D eigenvalue weighted by Gasteiger charge is -2.02. The molecule has 1 aromatic carbocycles. The Hall–Kier alpha value is -1.72. The molecule has 0 unspecified atom stereocenters. The number of aromatic nitrogens is 4. The van der Waals surface area contributed by atoms with Gasteiger partial charge < -0.3 is 4.98 Å². The number of halogens is 2. The number of rotatable bonds is 2. The molecule has 0 aliphatic carbocycles. The van der Waals surface area contributed by atoms with Crippen LogP contribution in [0.15, 0.2) is 47.3 Å². The van der Waals surface area contributed by atoms with Crippen molar-refractivity contribution in [3.8, 4) is 22.9 Å². The molecule has 0 spiro atoms. The van der Waals surface area contributed by atoms with Crippen molar-refractivity contribution >= 4 is 27.5 Å². The third-order valence-corrected chi connectivity index (χ3v) is 3.21. The van der Waals surface area contributed by atoms with E-state index in [1.165, 1.54) is 0 Å². The van der Waals surface area contributed by atoms with Gasteiger partial charge in [0.1, 0.15) is 4.60 Å². The van der Waals surface area contributed by atoms with Crippen LogP contribution in [0.1, 0.15) is 0 Å². The molecule has 0 bridgehead atoms. The highest BCUT2D eigenvalue weighted by Crippen LogP contribution is 2.21. The summed E-state index contributed by atoms with van der Waals surface area (Å²) in [7, 11) is 0. The first-order valence-electron chi connectivity index (χ1n) is 5.52. The average molecular weight is 336 g/mol. The van der Waals surface area contributed by atoms with Crippen LogP contribution in [0.2, 0.25) is 5.02 Å². The number of nitrogens with one attached hydrogen (secondary N) is 1. The highest BCUT2D eigenvalue weighted by molar-refractivity contribution is 9.10. The molecule has 3 rings (SSSR count). The average Bonchev–Trinajstić information content (AvgIpc) is 2.86. The summed E-state index contributed by atoms with van der Waals surface area (Å²) in [4.78, 5) is 15.9. The Balaban J connectivity index is 2.02. The second-order valence-electron chi connectivity index (χ2n) is 3.85. The quantitative estimate of drug-likeness (QED) is 0.771. The molecule has 0 atom stereocenters. The van der Waals surface area contributed by atoms with Crippen LogP contribution in [-0.4, -0.2) is 19.9 Å². The van der Waals surface area contributed by atoms with Crippen molar-refractivity contribution in [2.24, 2.45) is 0 Å². The van der Waals surface area contributed by atoms with E-state index in [-0.39, 0.29) is 0 Å². The molecule has 19 heavy (non-hydrogen) atoms. The van der Waals surface area contributed by atoms with E-state index < -0.39 is 0 Å². The van der Waals surface area contributed by atoms with Crippen molar-refractivity contribution in [2.75, 3.05) is 0 Å². The van der Waals surface area contributed by atoms with Crippen LogP contribution in [0.5, 0.6) is 0 Å². The van der Waals surface area contributed by atoms with Gasteiger partial charge in [0.2, 0.25) is 0 Å². The van der Waals surface area contributed by atoms with Crippen molar-refractivity contribution in [3.05, 3.63) is 52.4 Å². The predicted octanol–water partition coefficient (Wildman–Crippen LogP) is 3.95. The van der Waals surface area contributed by atoms with Gasteiger partial charge in [-0.25, -0.2) is 15.0 Å². The van der Waals surface area contributed by atoms with E-state index in [1.807, 2.05) is 30.3 Å². The van der Waals surface area contributed by atoms with E-state index in [4.69, 9.17) is 11.6 Å². The van der Waals surface area contributed by atoms with E-state index >= 15 is 0 Å². The van der Waals surface area contributed by atoms with Crippen LogP contribution >= 0.6 is 27.5 Å². The van der Waals surface area contributed by atoms with E-state index in [0.29, 0.717) is 16.7 Å². The third kappa shape index (κ3) is 2.67. The maximum absolute atomic E-state index is 5.88. The van der Waals surface area contributed by atoms with Crippen molar-refractivity contribution < 1.29 is 0 Å². The van der Waals surface area contributed by atoms with Crippen molar-refractivity contribution in [1.82, 2.24) is 19.9 Å². The van der Waals surface area contributed by atoms with Crippen LogP contribution in [0, 0.1) is 0 Å². The Bertz CT molecular complexity index is 709. The molecule has 2 heterocycles. The summed E-state index contributed by atoms with van der Waals surface area (Å²) in [6.45, 7) is 0. The molecule has 6 heteroatoms. The first-order chi connectivity index (χ1) is 9.22. The first kappa shape index (κ1) is 12.3. The van der Waals surface area contributed by atoms with Crippen molar-refractivity contribution in [2.45, 2.75) is 0 Å². The second-order valence-corrected chi connectivity index (χ2v) is 5.14. The molecule has 0 radical (unpaired) electrons. The van der Waals surface area contributed by atoms with E-state index in [9.17, 15) is 0 Å². The molecule has 3 aromatic rings. The Kier molecular flexibility index (Phi) is 3.31. The van der Waals surface area contributed by atoms with Gasteiger partial charge in [0, 0.05) is 16.8 Å². The normalized spacial score (nSPS) is 10.6. The van der Waals surface area contributed by atoms with Crippen molar-refractivity contribution in [1.29, 1.82) is 0 Å². The highest BCUT2D eigenvalue weighted by Gasteiger charge is 2.07.